The molecule has 0 atom stereocenters. The molecule has 22 heavy (non-hydrogen) atoms. The van der Waals surface area contributed by atoms with Gasteiger partial charge in [-0.25, -0.2) is 4.39 Å². The highest BCUT2D eigenvalue weighted by Gasteiger charge is 2.14. The minimum atomic E-state index is -0.515. The van der Waals surface area contributed by atoms with Gasteiger partial charge in [-0.15, -0.1) is 0 Å². The Kier molecular flexibility index (Phi) is 3.94. The number of carbonyl (C=O) groups is 1. The Morgan fingerprint density at radius 1 is 1.05 bits per heavy atom. The first-order chi connectivity index (χ1) is 10.6. The number of halogens is 2. The maximum absolute atomic E-state index is 13.5. The number of hydrogen-bond donors (Lipinski definition) is 1. The van der Waals surface area contributed by atoms with Crippen LogP contribution in [-0.4, -0.2) is 5.91 Å². The smallest absolute Gasteiger partial charge is 0.291 e. The number of nitrogens with one attached hydrogen (secondary N) is 1. The van der Waals surface area contributed by atoms with Gasteiger partial charge in [0.15, 0.2) is 5.76 Å². The first-order valence-electron chi connectivity index (χ1n) is 6.55. The summed E-state index contributed by atoms with van der Waals surface area (Å²) in [6.07, 6.45) is 0. The molecule has 0 saturated carbocycles. The van der Waals surface area contributed by atoms with Gasteiger partial charge >= 0.3 is 0 Å². The van der Waals surface area contributed by atoms with E-state index in [0.29, 0.717) is 10.8 Å². The quantitative estimate of drug-likeness (QED) is 0.739. The highest BCUT2D eigenvalue weighted by molar-refractivity contribution is 6.30. The fourth-order valence-corrected chi connectivity index (χ4v) is 2.19. The van der Waals surface area contributed by atoms with E-state index in [1.54, 1.807) is 36.4 Å². The number of benzene rings is 2. The van der Waals surface area contributed by atoms with Crippen LogP contribution in [-0.2, 0) is 0 Å². The Hall–Kier alpha value is -2.59. The summed E-state index contributed by atoms with van der Waals surface area (Å²) in [5.41, 5.74) is 0.866. The molecular weight excluding hydrogens is 305 g/mol. The molecule has 1 amide bonds. The molecule has 3 rings (SSSR count). The lowest BCUT2D eigenvalue weighted by Crippen LogP contribution is -2.11. The van der Waals surface area contributed by atoms with Crippen molar-refractivity contribution in [2.45, 2.75) is 0 Å². The maximum atomic E-state index is 13.5. The molecule has 1 N–H and O–H groups in total. The fourth-order valence-electron chi connectivity index (χ4n) is 2.00. The van der Waals surface area contributed by atoms with Crippen LogP contribution in [0.4, 0.5) is 10.1 Å². The first-order valence-corrected chi connectivity index (χ1v) is 6.93. The van der Waals surface area contributed by atoms with E-state index in [0.717, 1.165) is 5.56 Å². The summed E-state index contributed by atoms with van der Waals surface area (Å²) in [6, 6.07) is 16.2. The van der Waals surface area contributed by atoms with E-state index in [1.807, 2.05) is 6.07 Å². The zero-order valence-corrected chi connectivity index (χ0v) is 12.1. The normalized spacial score (nSPS) is 10.5. The van der Waals surface area contributed by atoms with E-state index in [2.05, 4.69) is 5.32 Å². The van der Waals surface area contributed by atoms with Crippen molar-refractivity contribution in [3.05, 3.63) is 77.3 Å². The molecule has 0 fully saturated rings. The molecule has 1 aromatic heterocycles. The van der Waals surface area contributed by atoms with Crippen molar-refractivity contribution in [1.82, 2.24) is 0 Å². The highest BCUT2D eigenvalue weighted by atomic mass is 35.5. The highest BCUT2D eigenvalue weighted by Crippen LogP contribution is 2.25. The van der Waals surface area contributed by atoms with Gasteiger partial charge in [-0.05, 0) is 36.4 Å². The summed E-state index contributed by atoms with van der Waals surface area (Å²) in [4.78, 5) is 12.1. The van der Waals surface area contributed by atoms with E-state index in [-0.39, 0.29) is 11.4 Å². The lowest BCUT2D eigenvalue weighted by atomic mass is 10.2. The molecule has 1 heterocycles. The molecule has 0 aliphatic rings. The lowest BCUT2D eigenvalue weighted by Gasteiger charge is -2.04. The third kappa shape index (κ3) is 3.02. The van der Waals surface area contributed by atoms with Crippen LogP contribution >= 0.6 is 11.6 Å². The van der Waals surface area contributed by atoms with Gasteiger partial charge in [-0.2, -0.15) is 0 Å². The lowest BCUT2D eigenvalue weighted by molar-refractivity contribution is 0.0997. The van der Waals surface area contributed by atoms with Gasteiger partial charge in [0.1, 0.15) is 11.6 Å². The number of amides is 1. The molecule has 0 unspecified atom stereocenters. The number of rotatable bonds is 3. The van der Waals surface area contributed by atoms with Crippen LogP contribution in [0, 0.1) is 5.82 Å². The average molecular weight is 316 g/mol. The van der Waals surface area contributed by atoms with Crippen LogP contribution in [0.2, 0.25) is 5.02 Å². The average Bonchev–Trinajstić information content (AvgIpc) is 2.99. The van der Waals surface area contributed by atoms with Crippen LogP contribution < -0.4 is 5.32 Å². The molecule has 0 spiro atoms. The molecule has 0 saturated heterocycles. The zero-order chi connectivity index (χ0) is 15.5. The van der Waals surface area contributed by atoms with Crippen molar-refractivity contribution in [3.8, 4) is 11.3 Å². The third-order valence-electron chi connectivity index (χ3n) is 3.06. The molecule has 3 aromatic rings. The van der Waals surface area contributed by atoms with Crippen molar-refractivity contribution in [2.24, 2.45) is 0 Å². The number of furan rings is 1. The van der Waals surface area contributed by atoms with Crippen LogP contribution in [0.1, 0.15) is 10.6 Å². The van der Waals surface area contributed by atoms with Crippen LogP contribution in [0.15, 0.2) is 65.1 Å². The van der Waals surface area contributed by atoms with Gasteiger partial charge < -0.3 is 9.73 Å². The van der Waals surface area contributed by atoms with Crippen LogP contribution in [0.25, 0.3) is 11.3 Å². The molecule has 0 aliphatic heterocycles. The Balaban J connectivity index is 1.82. The molecule has 0 aliphatic carbocycles. The molecular formula is C17H11ClFNO2. The largest absolute Gasteiger partial charge is 0.451 e. The summed E-state index contributed by atoms with van der Waals surface area (Å²) in [5.74, 6) is -0.407. The maximum Gasteiger partial charge on any atom is 0.291 e. The van der Waals surface area contributed by atoms with E-state index in [1.165, 1.54) is 18.2 Å². The van der Waals surface area contributed by atoms with Crippen molar-refractivity contribution in [1.29, 1.82) is 0 Å². The monoisotopic (exact) mass is 315 g/mol. The Bertz CT molecular complexity index is 829. The second-order valence-corrected chi connectivity index (χ2v) is 5.04. The van der Waals surface area contributed by atoms with Crippen LogP contribution in [0.3, 0.4) is 0 Å². The Labute approximate surface area is 131 Å². The van der Waals surface area contributed by atoms with E-state index in [4.69, 9.17) is 16.0 Å². The van der Waals surface area contributed by atoms with Crippen molar-refractivity contribution >= 4 is 23.2 Å². The second kappa shape index (κ2) is 6.03. The van der Waals surface area contributed by atoms with Crippen LogP contribution in [0.5, 0.6) is 0 Å². The minimum absolute atomic E-state index is 0.0956. The fraction of sp³-hybridized carbons (Fsp3) is 0. The van der Waals surface area contributed by atoms with E-state index >= 15 is 0 Å². The summed E-state index contributed by atoms with van der Waals surface area (Å²) >= 11 is 5.93. The number of anilines is 1. The SMILES string of the molecule is O=C(Nc1ccccc1F)c1ccc(-c2cccc(Cl)c2)o1. The number of carbonyl (C=O) groups excluding carboxylic acids is 1. The molecule has 2 aromatic carbocycles. The molecule has 0 bridgehead atoms. The van der Waals surface area contributed by atoms with Gasteiger partial charge in [-0.1, -0.05) is 35.9 Å². The number of hydrogen-bond acceptors (Lipinski definition) is 2. The number of para-hydroxylation sites is 1. The van der Waals surface area contributed by atoms with Crippen molar-refractivity contribution in [2.75, 3.05) is 5.32 Å². The summed E-state index contributed by atoms with van der Waals surface area (Å²) < 4.78 is 19.0. The standard InChI is InChI=1S/C17H11ClFNO2/c18-12-5-3-4-11(10-12)15-8-9-16(22-15)17(21)20-14-7-2-1-6-13(14)19/h1-10H,(H,20,21). The van der Waals surface area contributed by atoms with E-state index in [9.17, 15) is 9.18 Å². The summed E-state index contributed by atoms with van der Waals surface area (Å²) in [6.45, 7) is 0. The van der Waals surface area contributed by atoms with Crippen molar-refractivity contribution < 1.29 is 13.6 Å². The predicted molar refractivity (Wildman–Crippen MR) is 83.5 cm³/mol. The topological polar surface area (TPSA) is 42.2 Å². The molecule has 0 radical (unpaired) electrons. The van der Waals surface area contributed by atoms with Gasteiger partial charge in [0, 0.05) is 10.6 Å². The zero-order valence-electron chi connectivity index (χ0n) is 11.3. The third-order valence-corrected chi connectivity index (χ3v) is 3.30. The Morgan fingerprint density at radius 2 is 1.86 bits per heavy atom. The van der Waals surface area contributed by atoms with Gasteiger partial charge in [0.25, 0.3) is 5.91 Å². The molecule has 110 valence electrons. The summed E-state index contributed by atoms with van der Waals surface area (Å²) in [7, 11) is 0. The molecule has 3 nitrogen and oxygen atoms in total. The molecule has 5 heteroatoms. The predicted octanol–water partition coefficient (Wildman–Crippen LogP) is 4.99. The Morgan fingerprint density at radius 3 is 2.64 bits per heavy atom. The van der Waals surface area contributed by atoms with Gasteiger partial charge in [0.2, 0.25) is 0 Å². The van der Waals surface area contributed by atoms with E-state index < -0.39 is 11.7 Å². The first kappa shape index (κ1) is 14.4. The second-order valence-electron chi connectivity index (χ2n) is 4.61. The van der Waals surface area contributed by atoms with Gasteiger partial charge in [-0.3, -0.25) is 4.79 Å². The van der Waals surface area contributed by atoms with Gasteiger partial charge in [0.05, 0.1) is 5.69 Å². The van der Waals surface area contributed by atoms with Crippen molar-refractivity contribution in [3.63, 3.8) is 0 Å². The minimum Gasteiger partial charge on any atom is -0.451 e. The summed E-state index contributed by atoms with van der Waals surface area (Å²) in [5, 5.41) is 3.04.